The zero-order valence-electron chi connectivity index (χ0n) is 22.7. The maximum absolute atomic E-state index is 12.8. The SMILES string of the molecule is CCOC(=O)CC(c1cc(OC)c2c(c1)nnn2C)c1ccc(C)c2c1CCC2NCC1CCCCC1. The molecule has 1 saturated carbocycles. The number of rotatable bonds is 9. The lowest BCUT2D eigenvalue weighted by molar-refractivity contribution is -0.143. The first-order valence-electron chi connectivity index (χ1n) is 13.9. The number of nitrogens with zero attached hydrogens (tertiary/aromatic N) is 3. The fourth-order valence-corrected chi connectivity index (χ4v) is 6.55. The summed E-state index contributed by atoms with van der Waals surface area (Å²) in [6.45, 7) is 5.55. The van der Waals surface area contributed by atoms with Crippen molar-refractivity contribution >= 4 is 17.0 Å². The van der Waals surface area contributed by atoms with E-state index in [1.165, 1.54) is 54.4 Å². The van der Waals surface area contributed by atoms with Gasteiger partial charge in [0.25, 0.3) is 0 Å². The molecule has 7 heteroatoms. The number of hydrogen-bond donors (Lipinski definition) is 1. The lowest BCUT2D eigenvalue weighted by Gasteiger charge is -2.26. The number of ether oxygens (including phenoxy) is 2. The molecule has 0 amide bonds. The fourth-order valence-electron chi connectivity index (χ4n) is 6.55. The van der Waals surface area contributed by atoms with Gasteiger partial charge >= 0.3 is 5.97 Å². The van der Waals surface area contributed by atoms with E-state index in [9.17, 15) is 4.79 Å². The standard InChI is InChI=1S/C30H40N4O3/c1-5-37-28(35)17-24(21-15-26-30(27(16-21)36-4)34(3)33-32-26)22-12-11-19(2)29-23(22)13-14-25(29)31-18-20-9-7-6-8-10-20/h11-12,15-16,20,24-25,31H,5-10,13-14,17-18H2,1-4H3. The van der Waals surface area contributed by atoms with Gasteiger partial charge in [0, 0.05) is 19.0 Å². The van der Waals surface area contributed by atoms with Crippen molar-refractivity contribution in [2.75, 3.05) is 20.3 Å². The minimum absolute atomic E-state index is 0.147. The second-order valence-corrected chi connectivity index (χ2v) is 10.7. The van der Waals surface area contributed by atoms with Crippen LogP contribution < -0.4 is 10.1 Å². The van der Waals surface area contributed by atoms with E-state index in [1.54, 1.807) is 11.8 Å². The van der Waals surface area contributed by atoms with Crippen molar-refractivity contribution in [2.24, 2.45) is 13.0 Å². The molecule has 1 N–H and O–H groups in total. The maximum Gasteiger partial charge on any atom is 0.306 e. The summed E-state index contributed by atoms with van der Waals surface area (Å²) in [6.07, 6.45) is 9.20. The van der Waals surface area contributed by atoms with Crippen LogP contribution in [0.5, 0.6) is 5.75 Å². The summed E-state index contributed by atoms with van der Waals surface area (Å²) in [4.78, 5) is 12.8. The molecular weight excluding hydrogens is 464 g/mol. The third-order valence-electron chi connectivity index (χ3n) is 8.38. The molecule has 37 heavy (non-hydrogen) atoms. The number of carbonyl (C=O) groups is 1. The highest BCUT2D eigenvalue weighted by Gasteiger charge is 2.31. The molecule has 0 aliphatic heterocycles. The highest BCUT2D eigenvalue weighted by atomic mass is 16.5. The van der Waals surface area contributed by atoms with Gasteiger partial charge in [-0.2, -0.15) is 0 Å². The van der Waals surface area contributed by atoms with Crippen molar-refractivity contribution in [3.8, 4) is 5.75 Å². The monoisotopic (exact) mass is 504 g/mol. The highest BCUT2D eigenvalue weighted by molar-refractivity contribution is 5.83. The van der Waals surface area contributed by atoms with E-state index in [2.05, 4.69) is 40.8 Å². The predicted molar refractivity (Wildman–Crippen MR) is 145 cm³/mol. The molecular formula is C30H40N4O3. The Bertz CT molecular complexity index is 1260. The topological polar surface area (TPSA) is 78.3 Å². The predicted octanol–water partition coefficient (Wildman–Crippen LogP) is 5.53. The lowest BCUT2D eigenvalue weighted by atomic mass is 9.83. The Balaban J connectivity index is 1.52. The summed E-state index contributed by atoms with van der Waals surface area (Å²) in [5.41, 5.74) is 7.96. The molecule has 2 atom stereocenters. The number of esters is 1. The molecule has 3 aromatic rings. The molecule has 1 heterocycles. The zero-order valence-corrected chi connectivity index (χ0v) is 22.7. The van der Waals surface area contributed by atoms with E-state index in [1.807, 2.05) is 20.0 Å². The molecule has 1 fully saturated rings. The minimum Gasteiger partial charge on any atom is -0.494 e. The number of aryl methyl sites for hydroxylation is 2. The van der Waals surface area contributed by atoms with Crippen LogP contribution in [0.4, 0.5) is 0 Å². The van der Waals surface area contributed by atoms with E-state index >= 15 is 0 Å². The molecule has 1 aromatic heterocycles. The van der Waals surface area contributed by atoms with E-state index in [0.29, 0.717) is 18.4 Å². The quantitative estimate of drug-likeness (QED) is 0.386. The van der Waals surface area contributed by atoms with Gasteiger partial charge in [-0.3, -0.25) is 4.79 Å². The van der Waals surface area contributed by atoms with Crippen LogP contribution in [0.25, 0.3) is 11.0 Å². The second kappa shape index (κ2) is 11.2. The van der Waals surface area contributed by atoms with Crippen LogP contribution in [0.1, 0.15) is 91.6 Å². The third-order valence-corrected chi connectivity index (χ3v) is 8.38. The van der Waals surface area contributed by atoms with Crippen molar-refractivity contribution < 1.29 is 14.3 Å². The Labute approximate surface area is 219 Å². The first kappa shape index (κ1) is 25.7. The van der Waals surface area contributed by atoms with Gasteiger partial charge in [0.05, 0.1) is 20.1 Å². The normalized spacial score (nSPS) is 18.6. The number of hydrogen-bond acceptors (Lipinski definition) is 6. The lowest BCUT2D eigenvalue weighted by Crippen LogP contribution is -2.27. The average molecular weight is 505 g/mol. The van der Waals surface area contributed by atoms with Crippen LogP contribution >= 0.6 is 0 Å². The van der Waals surface area contributed by atoms with Crippen LogP contribution in [0, 0.1) is 12.8 Å². The van der Waals surface area contributed by atoms with Crippen LogP contribution in [0.2, 0.25) is 0 Å². The smallest absolute Gasteiger partial charge is 0.306 e. The van der Waals surface area contributed by atoms with E-state index in [4.69, 9.17) is 9.47 Å². The van der Waals surface area contributed by atoms with Gasteiger partial charge in [-0.25, -0.2) is 4.68 Å². The molecule has 2 aliphatic rings. The second-order valence-electron chi connectivity index (χ2n) is 10.7. The summed E-state index contributed by atoms with van der Waals surface area (Å²) < 4.78 is 12.9. The summed E-state index contributed by atoms with van der Waals surface area (Å²) in [6, 6.07) is 8.90. The minimum atomic E-state index is -0.190. The van der Waals surface area contributed by atoms with Gasteiger partial charge in [-0.05, 0) is 91.9 Å². The maximum atomic E-state index is 12.8. The third kappa shape index (κ3) is 5.24. The van der Waals surface area contributed by atoms with Crippen LogP contribution in [0.15, 0.2) is 24.3 Å². The van der Waals surface area contributed by atoms with Crippen LogP contribution in [-0.2, 0) is 23.0 Å². The van der Waals surface area contributed by atoms with Gasteiger partial charge in [0.15, 0.2) is 0 Å². The molecule has 0 saturated heterocycles. The first-order chi connectivity index (χ1) is 18.0. The van der Waals surface area contributed by atoms with Crippen molar-refractivity contribution in [3.63, 3.8) is 0 Å². The van der Waals surface area contributed by atoms with Crippen molar-refractivity contribution in [1.29, 1.82) is 0 Å². The number of carbonyl (C=O) groups excluding carboxylic acids is 1. The highest BCUT2D eigenvalue weighted by Crippen LogP contribution is 2.43. The fraction of sp³-hybridized carbons (Fsp3) is 0.567. The van der Waals surface area contributed by atoms with Gasteiger partial charge in [0.2, 0.25) is 0 Å². The van der Waals surface area contributed by atoms with Crippen molar-refractivity contribution in [3.05, 3.63) is 52.1 Å². The molecule has 198 valence electrons. The molecule has 0 bridgehead atoms. The molecule has 7 nitrogen and oxygen atoms in total. The van der Waals surface area contributed by atoms with Gasteiger partial charge in [-0.15, -0.1) is 5.10 Å². The van der Waals surface area contributed by atoms with Crippen LogP contribution in [0.3, 0.4) is 0 Å². The molecule has 2 aliphatic carbocycles. The summed E-state index contributed by atoms with van der Waals surface area (Å²) in [5.74, 6) is 1.17. The van der Waals surface area contributed by atoms with E-state index < -0.39 is 0 Å². The van der Waals surface area contributed by atoms with Crippen LogP contribution in [-0.4, -0.2) is 41.2 Å². The number of methoxy groups -OCH3 is 1. The Morgan fingerprint density at radius 3 is 2.76 bits per heavy atom. The molecule has 2 aromatic carbocycles. The molecule has 5 rings (SSSR count). The van der Waals surface area contributed by atoms with Crippen molar-refractivity contribution in [2.45, 2.75) is 77.2 Å². The van der Waals surface area contributed by atoms with E-state index in [0.717, 1.165) is 41.9 Å². The Hall–Kier alpha value is -2.93. The molecule has 0 spiro atoms. The number of nitrogens with one attached hydrogen (secondary N) is 1. The number of fused-ring (bicyclic) bond motifs is 2. The number of benzene rings is 2. The van der Waals surface area contributed by atoms with Gasteiger partial charge in [0.1, 0.15) is 16.8 Å². The Morgan fingerprint density at radius 2 is 2.00 bits per heavy atom. The van der Waals surface area contributed by atoms with E-state index in [-0.39, 0.29) is 18.3 Å². The largest absolute Gasteiger partial charge is 0.494 e. The molecule has 2 unspecified atom stereocenters. The molecule has 0 radical (unpaired) electrons. The summed E-state index contributed by atoms with van der Waals surface area (Å²) in [5, 5.41) is 12.5. The summed E-state index contributed by atoms with van der Waals surface area (Å²) in [7, 11) is 3.53. The summed E-state index contributed by atoms with van der Waals surface area (Å²) >= 11 is 0. The zero-order chi connectivity index (χ0) is 25.9. The first-order valence-corrected chi connectivity index (χ1v) is 13.9. The Morgan fingerprint density at radius 1 is 1.19 bits per heavy atom. The number of aromatic nitrogens is 3. The van der Waals surface area contributed by atoms with Crippen molar-refractivity contribution in [1.82, 2.24) is 20.3 Å². The van der Waals surface area contributed by atoms with Gasteiger partial charge in [-0.1, -0.05) is 36.6 Å². The Kier molecular flexibility index (Phi) is 7.79. The van der Waals surface area contributed by atoms with Gasteiger partial charge < -0.3 is 14.8 Å². The average Bonchev–Trinajstić information content (AvgIpc) is 3.51.